The van der Waals surface area contributed by atoms with Crippen LogP contribution in [0.1, 0.15) is 36.1 Å². The molecule has 0 spiro atoms. The van der Waals surface area contributed by atoms with Crippen LogP contribution in [0.5, 0.6) is 0 Å². The van der Waals surface area contributed by atoms with Crippen LogP contribution in [-0.4, -0.2) is 0 Å². The number of aryl methyl sites for hydroxylation is 3. The summed E-state index contributed by atoms with van der Waals surface area (Å²) in [6.45, 7) is 14.3. The summed E-state index contributed by atoms with van der Waals surface area (Å²) in [4.78, 5) is 0. The van der Waals surface area contributed by atoms with Crippen LogP contribution in [0.2, 0.25) is 0 Å². The number of hydrogen-bond donors (Lipinski definition) is 0. The van der Waals surface area contributed by atoms with Gasteiger partial charge in [-0.25, -0.2) is 0 Å². The first-order valence-electron chi connectivity index (χ1n) is 6.92. The second-order valence-corrected chi connectivity index (χ2v) is 4.61. The van der Waals surface area contributed by atoms with Gasteiger partial charge in [0.25, 0.3) is 0 Å². The van der Waals surface area contributed by atoms with Crippen molar-refractivity contribution in [2.24, 2.45) is 0 Å². The van der Waals surface area contributed by atoms with E-state index in [1.807, 2.05) is 19.9 Å². The maximum absolute atomic E-state index is 3.91. The average Bonchev–Trinajstić information content (AvgIpc) is 2.41. The van der Waals surface area contributed by atoms with Crippen LogP contribution in [-0.2, 0) is 0 Å². The molecule has 19 heavy (non-hydrogen) atoms. The predicted octanol–water partition coefficient (Wildman–Crippen LogP) is 5.95. The Kier molecular flexibility index (Phi) is 5.57. The Bertz CT molecular complexity index is 562. The van der Waals surface area contributed by atoms with Gasteiger partial charge in [0, 0.05) is 0 Å². The van der Waals surface area contributed by atoms with Gasteiger partial charge in [0.05, 0.1) is 0 Å². The van der Waals surface area contributed by atoms with Gasteiger partial charge in [-0.1, -0.05) is 74.0 Å². The minimum Gasteiger partial charge on any atom is -0.0984 e. The molecule has 0 nitrogen and oxygen atoms in total. The fourth-order valence-electron chi connectivity index (χ4n) is 2.21. The highest BCUT2D eigenvalue weighted by Crippen LogP contribution is 2.28. The molecule has 2 aromatic rings. The molecule has 0 saturated carbocycles. The number of rotatable bonds is 2. The molecule has 2 rings (SSSR count). The van der Waals surface area contributed by atoms with Gasteiger partial charge in [0.15, 0.2) is 0 Å². The molecule has 0 saturated heterocycles. The largest absolute Gasteiger partial charge is 0.0984 e. The van der Waals surface area contributed by atoms with Crippen LogP contribution in [0.25, 0.3) is 17.2 Å². The molecular weight excluding hydrogens is 228 g/mol. The summed E-state index contributed by atoms with van der Waals surface area (Å²) < 4.78 is 0. The second kappa shape index (κ2) is 6.94. The molecule has 0 amide bonds. The van der Waals surface area contributed by atoms with E-state index in [9.17, 15) is 0 Å². The summed E-state index contributed by atoms with van der Waals surface area (Å²) in [5.41, 5.74) is 7.66. The van der Waals surface area contributed by atoms with Crippen molar-refractivity contribution >= 4 is 6.08 Å². The van der Waals surface area contributed by atoms with E-state index in [1.165, 1.54) is 33.4 Å². The summed E-state index contributed by atoms with van der Waals surface area (Å²) in [6.07, 6.45) is 1.93. The molecule has 0 N–H and O–H groups in total. The van der Waals surface area contributed by atoms with E-state index >= 15 is 0 Å². The maximum atomic E-state index is 3.91. The second-order valence-electron chi connectivity index (χ2n) is 4.61. The lowest BCUT2D eigenvalue weighted by atomic mass is 9.94. The average molecular weight is 252 g/mol. The van der Waals surface area contributed by atoms with Gasteiger partial charge in [-0.2, -0.15) is 0 Å². The zero-order valence-corrected chi connectivity index (χ0v) is 12.7. The Labute approximate surface area is 117 Å². The van der Waals surface area contributed by atoms with Gasteiger partial charge >= 0.3 is 0 Å². The smallest absolute Gasteiger partial charge is 0.0109 e. The van der Waals surface area contributed by atoms with Gasteiger partial charge in [0.2, 0.25) is 0 Å². The minimum absolute atomic E-state index is 1.21. The highest BCUT2D eigenvalue weighted by atomic mass is 14.1. The third-order valence-electron chi connectivity index (χ3n) is 3.10. The van der Waals surface area contributed by atoms with E-state index in [2.05, 4.69) is 63.7 Å². The Balaban J connectivity index is 0.000000861. The van der Waals surface area contributed by atoms with Gasteiger partial charge in [-0.3, -0.25) is 0 Å². The van der Waals surface area contributed by atoms with Crippen LogP contribution in [0.3, 0.4) is 0 Å². The molecule has 0 aliphatic heterocycles. The number of hydrogen-bond acceptors (Lipinski definition) is 0. The first kappa shape index (κ1) is 15.2. The third kappa shape index (κ3) is 3.57. The van der Waals surface area contributed by atoms with Crippen molar-refractivity contribution in [3.63, 3.8) is 0 Å². The molecule has 0 bridgehead atoms. The molecule has 0 heteroatoms. The molecule has 0 atom stereocenters. The zero-order valence-electron chi connectivity index (χ0n) is 12.7. The highest BCUT2D eigenvalue weighted by Gasteiger charge is 2.05. The van der Waals surface area contributed by atoms with E-state index in [0.29, 0.717) is 0 Å². The Morgan fingerprint density at radius 2 is 1.32 bits per heavy atom. The molecule has 0 unspecified atom stereocenters. The number of benzene rings is 2. The van der Waals surface area contributed by atoms with Gasteiger partial charge in [-0.05, 0) is 43.0 Å². The van der Waals surface area contributed by atoms with Crippen molar-refractivity contribution in [1.29, 1.82) is 0 Å². The van der Waals surface area contributed by atoms with Gasteiger partial charge in [0.1, 0.15) is 0 Å². The molecule has 0 aliphatic rings. The lowest BCUT2D eigenvalue weighted by Gasteiger charge is -2.11. The zero-order chi connectivity index (χ0) is 14.4. The lowest BCUT2D eigenvalue weighted by molar-refractivity contribution is 1.37. The van der Waals surface area contributed by atoms with E-state index in [4.69, 9.17) is 0 Å². The van der Waals surface area contributed by atoms with Crippen LogP contribution in [0, 0.1) is 20.8 Å². The van der Waals surface area contributed by atoms with Crippen LogP contribution in [0.4, 0.5) is 0 Å². The summed E-state index contributed by atoms with van der Waals surface area (Å²) in [7, 11) is 0. The van der Waals surface area contributed by atoms with Gasteiger partial charge < -0.3 is 0 Å². The van der Waals surface area contributed by atoms with Crippen molar-refractivity contribution in [2.45, 2.75) is 34.6 Å². The molecule has 0 aromatic heterocycles. The molecule has 0 fully saturated rings. The SMILES string of the molecule is C=Cc1cc(C)ccc1-c1ccc(C)cc1C.CC. The predicted molar refractivity (Wildman–Crippen MR) is 87.5 cm³/mol. The fourth-order valence-corrected chi connectivity index (χ4v) is 2.21. The quantitative estimate of drug-likeness (QED) is 0.619. The monoisotopic (exact) mass is 252 g/mol. The molecule has 0 radical (unpaired) electrons. The summed E-state index contributed by atoms with van der Waals surface area (Å²) in [6, 6.07) is 13.1. The normalized spacial score (nSPS) is 9.53. The van der Waals surface area contributed by atoms with Crippen molar-refractivity contribution < 1.29 is 0 Å². The molecule has 0 heterocycles. The van der Waals surface area contributed by atoms with Gasteiger partial charge in [-0.15, -0.1) is 0 Å². The first-order valence-corrected chi connectivity index (χ1v) is 6.92. The first-order chi connectivity index (χ1) is 9.11. The molecular formula is C19H24. The van der Waals surface area contributed by atoms with Crippen LogP contribution in [0.15, 0.2) is 43.0 Å². The van der Waals surface area contributed by atoms with E-state index in [1.54, 1.807) is 0 Å². The summed E-state index contributed by atoms with van der Waals surface area (Å²) in [5.74, 6) is 0. The van der Waals surface area contributed by atoms with Crippen LogP contribution < -0.4 is 0 Å². The van der Waals surface area contributed by atoms with Crippen molar-refractivity contribution in [1.82, 2.24) is 0 Å². The lowest BCUT2D eigenvalue weighted by Crippen LogP contribution is -1.88. The van der Waals surface area contributed by atoms with E-state index in [-0.39, 0.29) is 0 Å². The molecule has 2 aromatic carbocycles. The molecule has 0 aliphatic carbocycles. The third-order valence-corrected chi connectivity index (χ3v) is 3.10. The highest BCUT2D eigenvalue weighted by molar-refractivity contribution is 5.77. The van der Waals surface area contributed by atoms with E-state index < -0.39 is 0 Å². The standard InChI is InChI=1S/C17H18.C2H6/c1-5-15-11-13(3)7-9-17(15)16-8-6-12(2)10-14(16)4;1-2/h5-11H,1H2,2-4H3;1-2H3. The Morgan fingerprint density at radius 3 is 1.84 bits per heavy atom. The van der Waals surface area contributed by atoms with Crippen molar-refractivity contribution in [3.05, 3.63) is 65.2 Å². The van der Waals surface area contributed by atoms with Crippen LogP contribution >= 0.6 is 0 Å². The Morgan fingerprint density at radius 1 is 0.789 bits per heavy atom. The Hall–Kier alpha value is -1.82. The maximum Gasteiger partial charge on any atom is -0.0109 e. The topological polar surface area (TPSA) is 0 Å². The summed E-state index contributed by atoms with van der Waals surface area (Å²) in [5, 5.41) is 0. The van der Waals surface area contributed by atoms with Crippen molar-refractivity contribution in [3.8, 4) is 11.1 Å². The minimum atomic E-state index is 1.21. The fraction of sp³-hybridized carbons (Fsp3) is 0.263. The van der Waals surface area contributed by atoms with E-state index in [0.717, 1.165) is 0 Å². The molecule has 100 valence electrons. The summed E-state index contributed by atoms with van der Waals surface area (Å²) >= 11 is 0. The van der Waals surface area contributed by atoms with Crippen molar-refractivity contribution in [2.75, 3.05) is 0 Å².